The smallest absolute Gasteiger partial charge is 0.335 e. The van der Waals surface area contributed by atoms with Crippen LogP contribution in [0, 0.1) is 29.9 Å². The molecule has 0 spiro atoms. The zero-order chi connectivity index (χ0) is 31.2. The van der Waals surface area contributed by atoms with Gasteiger partial charge < -0.3 is 25.2 Å². The van der Waals surface area contributed by atoms with Gasteiger partial charge in [-0.3, -0.25) is 4.79 Å². The Morgan fingerprint density at radius 3 is 2.57 bits per heavy atom. The topological polar surface area (TPSA) is 134 Å². The number of ether oxygens (including phenoxy) is 2. The molecule has 11 heteroatoms. The molecule has 0 bridgehead atoms. The molecule has 3 N–H and O–H groups in total. The second-order valence-corrected chi connectivity index (χ2v) is 10.3. The lowest BCUT2D eigenvalue weighted by molar-refractivity contribution is -0.115. The Balaban J connectivity index is 1.27. The summed E-state index contributed by atoms with van der Waals surface area (Å²) in [6.45, 7) is 2.78. The van der Waals surface area contributed by atoms with Crippen molar-refractivity contribution in [1.29, 1.82) is 5.26 Å². The summed E-state index contributed by atoms with van der Waals surface area (Å²) in [5.74, 6) is -2.54. The summed E-state index contributed by atoms with van der Waals surface area (Å²) in [4.78, 5) is 28.8. The number of pyridine rings is 1. The minimum Gasteiger partial charge on any atom is -0.478 e. The number of aryl methyl sites for hydroxylation is 1. The van der Waals surface area contributed by atoms with Crippen LogP contribution < -0.4 is 15.4 Å². The van der Waals surface area contributed by atoms with Crippen LogP contribution in [0.5, 0.6) is 5.88 Å². The van der Waals surface area contributed by atoms with Gasteiger partial charge in [0.1, 0.15) is 18.2 Å². The number of nitrogens with one attached hydrogen (secondary N) is 2. The molecule has 9 nitrogen and oxygen atoms in total. The summed E-state index contributed by atoms with van der Waals surface area (Å²) < 4.78 is 40.6. The maximum atomic E-state index is 15.3. The first-order valence-electron chi connectivity index (χ1n) is 13.8. The molecular weight excluding hydrogens is 570 g/mol. The van der Waals surface area contributed by atoms with Crippen molar-refractivity contribution in [3.8, 4) is 23.2 Å². The Morgan fingerprint density at radius 1 is 1.07 bits per heavy atom. The number of carbonyl (C=O) groups is 2. The normalized spacial score (nSPS) is 13.8. The van der Waals surface area contributed by atoms with Crippen LogP contribution in [0.3, 0.4) is 0 Å². The van der Waals surface area contributed by atoms with Gasteiger partial charge in [-0.2, -0.15) is 5.26 Å². The molecule has 1 aromatic heterocycles. The summed E-state index contributed by atoms with van der Waals surface area (Å²) >= 11 is 0. The molecule has 1 aliphatic rings. The van der Waals surface area contributed by atoms with Gasteiger partial charge in [0.2, 0.25) is 11.8 Å². The van der Waals surface area contributed by atoms with E-state index in [0.29, 0.717) is 41.3 Å². The molecule has 1 atom stereocenters. The lowest BCUT2D eigenvalue weighted by atomic mass is 9.99. The SMILES string of the molecule is Cc1cc(CC(=O)Nc2ccc(C(=O)O)cc2NCC2CCO2)c(F)cc1-c1cccc(OCc2ccc(C#N)cc2F)n1. The Hall–Kier alpha value is -5.34. The molecule has 1 unspecified atom stereocenters. The summed E-state index contributed by atoms with van der Waals surface area (Å²) in [6.07, 6.45) is 0.633. The number of aromatic nitrogens is 1. The van der Waals surface area contributed by atoms with Crippen LogP contribution in [0.25, 0.3) is 11.3 Å². The van der Waals surface area contributed by atoms with Crippen LogP contribution in [-0.2, 0) is 22.6 Å². The fourth-order valence-electron chi connectivity index (χ4n) is 4.65. The molecule has 1 saturated heterocycles. The first kappa shape index (κ1) is 30.1. The number of rotatable bonds is 11. The molecular formula is C33H28F2N4O5. The summed E-state index contributed by atoms with van der Waals surface area (Å²) in [6, 6.07) is 18.1. The number of aromatic carboxylic acids is 1. The third kappa shape index (κ3) is 7.17. The number of halogens is 2. The number of carboxylic acids is 1. The number of hydrogen-bond acceptors (Lipinski definition) is 7. The molecule has 1 aliphatic heterocycles. The highest BCUT2D eigenvalue weighted by molar-refractivity contribution is 5.97. The van der Waals surface area contributed by atoms with Crippen molar-refractivity contribution in [2.75, 3.05) is 23.8 Å². The third-order valence-corrected chi connectivity index (χ3v) is 7.16. The van der Waals surface area contributed by atoms with E-state index in [9.17, 15) is 19.1 Å². The maximum Gasteiger partial charge on any atom is 0.335 e. The standard InChI is InChI=1S/C33H28F2N4O5/c1-19-11-23(14-31(40)38-29-8-7-21(33(41)42)13-30(29)37-17-24-9-10-43-24)27(35)15-25(19)28-3-2-4-32(39-28)44-18-22-6-5-20(16-36)12-26(22)34/h2-8,11-13,15,24,37H,9-10,14,17-18H2,1H3,(H,38,40)(H,41,42). The molecule has 1 fully saturated rings. The Morgan fingerprint density at radius 2 is 1.86 bits per heavy atom. The number of amides is 1. The molecule has 44 heavy (non-hydrogen) atoms. The summed E-state index contributed by atoms with van der Waals surface area (Å²) in [5.41, 5.74) is 3.09. The minimum atomic E-state index is -1.10. The molecule has 5 rings (SSSR count). The maximum absolute atomic E-state index is 15.3. The van der Waals surface area contributed by atoms with Gasteiger partial charge in [0.15, 0.2) is 0 Å². The number of benzene rings is 3. The van der Waals surface area contributed by atoms with E-state index in [0.717, 1.165) is 12.5 Å². The van der Waals surface area contributed by atoms with Gasteiger partial charge in [0.05, 0.1) is 46.8 Å². The predicted octanol–water partition coefficient (Wildman–Crippen LogP) is 5.87. The summed E-state index contributed by atoms with van der Waals surface area (Å²) in [5, 5.41) is 24.2. The van der Waals surface area contributed by atoms with E-state index >= 15 is 4.39 Å². The van der Waals surface area contributed by atoms with Gasteiger partial charge in [-0.05, 0) is 66.9 Å². The highest BCUT2D eigenvalue weighted by Gasteiger charge is 2.20. The van der Waals surface area contributed by atoms with E-state index in [2.05, 4.69) is 15.6 Å². The highest BCUT2D eigenvalue weighted by Crippen LogP contribution is 2.28. The fraction of sp³-hybridized carbons (Fsp3) is 0.212. The highest BCUT2D eigenvalue weighted by atomic mass is 19.1. The van der Waals surface area contributed by atoms with E-state index in [4.69, 9.17) is 14.7 Å². The van der Waals surface area contributed by atoms with Crippen LogP contribution in [0.1, 0.15) is 39.0 Å². The number of anilines is 2. The average molecular weight is 599 g/mol. The average Bonchev–Trinajstić information content (AvgIpc) is 2.98. The number of carbonyl (C=O) groups excluding carboxylic acids is 1. The summed E-state index contributed by atoms with van der Waals surface area (Å²) in [7, 11) is 0. The molecule has 4 aromatic rings. The van der Waals surface area contributed by atoms with Crippen molar-refractivity contribution >= 4 is 23.3 Å². The van der Waals surface area contributed by atoms with Crippen LogP contribution in [0.15, 0.2) is 66.7 Å². The third-order valence-electron chi connectivity index (χ3n) is 7.16. The number of carboxylic acid groups (broad SMARTS) is 1. The molecule has 3 aromatic carbocycles. The quantitative estimate of drug-likeness (QED) is 0.195. The molecule has 224 valence electrons. The van der Waals surface area contributed by atoms with Crippen molar-refractivity contribution in [1.82, 2.24) is 4.98 Å². The van der Waals surface area contributed by atoms with Crippen LogP contribution in [0.4, 0.5) is 20.2 Å². The van der Waals surface area contributed by atoms with Gasteiger partial charge in [0.25, 0.3) is 0 Å². The molecule has 0 radical (unpaired) electrons. The second kappa shape index (κ2) is 13.3. The molecule has 1 amide bonds. The minimum absolute atomic E-state index is 0.00918. The predicted molar refractivity (Wildman–Crippen MR) is 158 cm³/mol. The van der Waals surface area contributed by atoms with E-state index in [1.165, 1.54) is 36.4 Å². The van der Waals surface area contributed by atoms with Crippen molar-refractivity contribution in [2.24, 2.45) is 0 Å². The van der Waals surface area contributed by atoms with Gasteiger partial charge >= 0.3 is 5.97 Å². The van der Waals surface area contributed by atoms with E-state index in [-0.39, 0.29) is 47.3 Å². The Labute approximate surface area is 252 Å². The number of hydrogen-bond donors (Lipinski definition) is 3. The Bertz CT molecular complexity index is 1770. The van der Waals surface area contributed by atoms with Crippen molar-refractivity contribution < 1.29 is 33.0 Å². The van der Waals surface area contributed by atoms with Gasteiger partial charge in [-0.15, -0.1) is 0 Å². The monoisotopic (exact) mass is 598 g/mol. The zero-order valence-electron chi connectivity index (χ0n) is 23.7. The largest absolute Gasteiger partial charge is 0.478 e. The van der Waals surface area contributed by atoms with Crippen molar-refractivity contribution in [2.45, 2.75) is 32.5 Å². The van der Waals surface area contributed by atoms with Crippen LogP contribution >= 0.6 is 0 Å². The first-order valence-corrected chi connectivity index (χ1v) is 13.8. The van der Waals surface area contributed by atoms with E-state index < -0.39 is 23.5 Å². The lowest BCUT2D eigenvalue weighted by Crippen LogP contribution is -2.33. The molecule has 0 aliphatic carbocycles. The second-order valence-electron chi connectivity index (χ2n) is 10.3. The first-order chi connectivity index (χ1) is 21.2. The van der Waals surface area contributed by atoms with Gasteiger partial charge in [-0.1, -0.05) is 18.2 Å². The number of nitriles is 1. The van der Waals surface area contributed by atoms with Crippen molar-refractivity contribution in [3.05, 3.63) is 106 Å². The fourth-order valence-corrected chi connectivity index (χ4v) is 4.65. The Kier molecular flexibility index (Phi) is 9.12. The molecule has 2 heterocycles. The molecule has 0 saturated carbocycles. The van der Waals surface area contributed by atoms with Gasteiger partial charge in [-0.25, -0.2) is 18.6 Å². The van der Waals surface area contributed by atoms with E-state index in [1.54, 1.807) is 31.2 Å². The lowest BCUT2D eigenvalue weighted by Gasteiger charge is -2.27. The van der Waals surface area contributed by atoms with Gasteiger partial charge in [0, 0.05) is 30.3 Å². The van der Waals surface area contributed by atoms with E-state index in [1.807, 2.05) is 6.07 Å². The van der Waals surface area contributed by atoms with Crippen LogP contribution in [0.2, 0.25) is 0 Å². The number of nitrogens with zero attached hydrogens (tertiary/aromatic N) is 2. The zero-order valence-corrected chi connectivity index (χ0v) is 23.7. The van der Waals surface area contributed by atoms with Crippen molar-refractivity contribution in [3.63, 3.8) is 0 Å². The van der Waals surface area contributed by atoms with Crippen LogP contribution in [-0.4, -0.2) is 41.2 Å².